The Morgan fingerprint density at radius 1 is 0.232 bits per heavy atom. The van der Waals surface area contributed by atoms with E-state index in [0.717, 1.165) is 129 Å². The fraction of sp³-hybridized carbons (Fsp3) is 0.0519. The normalized spacial score (nSPS) is 11.4. The molecular formula is C77H57N5. The number of benzene rings is 9. The highest BCUT2D eigenvalue weighted by atomic mass is 14.9. The Labute approximate surface area is 480 Å². The van der Waals surface area contributed by atoms with Gasteiger partial charge in [0.2, 0.25) is 0 Å². The first kappa shape index (κ1) is 51.0. The van der Waals surface area contributed by atoms with Crippen LogP contribution in [-0.4, -0.2) is 24.9 Å². The summed E-state index contributed by atoms with van der Waals surface area (Å²) >= 11 is 0. The van der Waals surface area contributed by atoms with Gasteiger partial charge in [-0.05, 0) is 138 Å². The molecular weight excluding hydrogens is 995 g/mol. The summed E-state index contributed by atoms with van der Waals surface area (Å²) in [6, 6.07) is 96.9. The third kappa shape index (κ3) is 10.7. The fourth-order valence-corrected chi connectivity index (χ4v) is 10.9. The van der Waals surface area contributed by atoms with Gasteiger partial charge < -0.3 is 0 Å². The van der Waals surface area contributed by atoms with Crippen molar-refractivity contribution in [1.29, 1.82) is 0 Å². The van der Waals surface area contributed by atoms with E-state index in [1.165, 1.54) is 5.56 Å². The second-order valence-corrected chi connectivity index (χ2v) is 21.7. The molecule has 4 aromatic heterocycles. The molecule has 390 valence electrons. The molecule has 13 aromatic rings. The molecule has 13 rings (SSSR count). The molecule has 0 saturated carbocycles. The van der Waals surface area contributed by atoms with Crippen LogP contribution in [0.15, 0.2) is 292 Å². The highest BCUT2D eigenvalue weighted by Crippen LogP contribution is 2.43. The van der Waals surface area contributed by atoms with Crippen LogP contribution in [0.25, 0.3) is 134 Å². The van der Waals surface area contributed by atoms with Gasteiger partial charge in [0.05, 0.1) is 28.5 Å². The molecule has 4 heterocycles. The second-order valence-electron chi connectivity index (χ2n) is 21.7. The minimum atomic E-state index is 0.0239. The Hall–Kier alpha value is -10.5. The average molecular weight is 1050 g/mol. The minimum Gasteiger partial charge on any atom is -0.256 e. The Balaban J connectivity index is 0.870. The summed E-state index contributed by atoms with van der Waals surface area (Å²) in [5.74, 6) is 0.630. The molecule has 0 N–H and O–H groups in total. The molecule has 0 fully saturated rings. The van der Waals surface area contributed by atoms with Crippen molar-refractivity contribution in [3.63, 3.8) is 0 Å². The van der Waals surface area contributed by atoms with E-state index >= 15 is 0 Å². The van der Waals surface area contributed by atoms with E-state index in [0.29, 0.717) is 5.82 Å². The standard InChI is InChI=1S/C77H57N5/c1-77(2,3)64-43-45-79-73(49-64)59-39-33-54(34-40-59)67-24-12-15-27-70(67)63-47-61(68-25-13-10-22-65(68)52-29-35-57(36-30-52)71-28-16-17-44-78-71)46-62(48-63)69-26-14-11-23-66(69)53-31-37-58(38-32-53)72-42-41-60(51-80-72)76-81-74(55-18-6-4-7-19-55)50-75(82-76)56-20-8-5-9-21-56/h4-51H,1-3H3. The van der Waals surface area contributed by atoms with Crippen molar-refractivity contribution >= 4 is 0 Å². The molecule has 0 bridgehead atoms. The van der Waals surface area contributed by atoms with Gasteiger partial charge in [-0.1, -0.05) is 233 Å². The third-order valence-corrected chi connectivity index (χ3v) is 15.3. The van der Waals surface area contributed by atoms with E-state index < -0.39 is 0 Å². The summed E-state index contributed by atoms with van der Waals surface area (Å²) in [7, 11) is 0. The maximum absolute atomic E-state index is 5.04. The summed E-state index contributed by atoms with van der Waals surface area (Å²) in [5, 5.41) is 0. The molecule has 0 spiro atoms. The molecule has 5 nitrogen and oxygen atoms in total. The topological polar surface area (TPSA) is 64.5 Å². The van der Waals surface area contributed by atoms with Gasteiger partial charge in [0.15, 0.2) is 5.82 Å². The van der Waals surface area contributed by atoms with Crippen molar-refractivity contribution in [3.05, 3.63) is 297 Å². The van der Waals surface area contributed by atoms with Crippen LogP contribution < -0.4 is 0 Å². The molecule has 0 aliphatic rings. The number of rotatable bonds is 12. The molecule has 0 aliphatic carbocycles. The molecule has 0 aliphatic heterocycles. The second kappa shape index (κ2) is 22.3. The van der Waals surface area contributed by atoms with E-state index in [2.05, 4.69) is 250 Å². The van der Waals surface area contributed by atoms with Crippen molar-refractivity contribution in [1.82, 2.24) is 24.9 Å². The molecule has 0 radical (unpaired) electrons. The van der Waals surface area contributed by atoms with Crippen LogP contribution >= 0.6 is 0 Å². The Morgan fingerprint density at radius 2 is 0.585 bits per heavy atom. The molecule has 5 heteroatoms. The van der Waals surface area contributed by atoms with Crippen LogP contribution in [-0.2, 0) is 5.41 Å². The van der Waals surface area contributed by atoms with Crippen LogP contribution in [0.5, 0.6) is 0 Å². The van der Waals surface area contributed by atoms with E-state index in [-0.39, 0.29) is 5.41 Å². The zero-order chi connectivity index (χ0) is 55.4. The van der Waals surface area contributed by atoms with Crippen LogP contribution in [0.4, 0.5) is 0 Å². The SMILES string of the molecule is CC(C)(C)c1ccnc(-c2ccc(-c3ccccc3-c3cc(-c4ccccc4-c4ccc(-c5ccccn5)cc4)cc(-c4ccccc4-c4ccc(-c5ccc(-c6nc(-c7ccccc7)cc(-c7ccccc7)n6)cn5)cc4)c3)cc2)c1. The molecule has 0 unspecified atom stereocenters. The van der Waals surface area contributed by atoms with Crippen molar-refractivity contribution in [2.45, 2.75) is 26.2 Å². The van der Waals surface area contributed by atoms with Crippen LogP contribution in [0.1, 0.15) is 26.3 Å². The largest absolute Gasteiger partial charge is 0.256 e. The molecule has 9 aromatic carbocycles. The van der Waals surface area contributed by atoms with Gasteiger partial charge in [0, 0.05) is 52.0 Å². The van der Waals surface area contributed by atoms with Gasteiger partial charge in [0.25, 0.3) is 0 Å². The molecule has 82 heavy (non-hydrogen) atoms. The smallest absolute Gasteiger partial charge is 0.161 e. The Kier molecular flexibility index (Phi) is 13.9. The van der Waals surface area contributed by atoms with E-state index in [1.54, 1.807) is 0 Å². The first-order chi connectivity index (χ1) is 40.3. The van der Waals surface area contributed by atoms with Gasteiger partial charge in [-0.3, -0.25) is 15.0 Å². The van der Waals surface area contributed by atoms with Gasteiger partial charge in [-0.25, -0.2) is 9.97 Å². The Morgan fingerprint density at radius 3 is 0.988 bits per heavy atom. The maximum Gasteiger partial charge on any atom is 0.161 e. The van der Waals surface area contributed by atoms with Gasteiger partial charge in [-0.15, -0.1) is 0 Å². The monoisotopic (exact) mass is 1050 g/mol. The van der Waals surface area contributed by atoms with Crippen molar-refractivity contribution in [3.8, 4) is 134 Å². The van der Waals surface area contributed by atoms with Crippen LogP contribution in [0.3, 0.4) is 0 Å². The van der Waals surface area contributed by atoms with E-state index in [4.69, 9.17) is 19.9 Å². The number of pyridine rings is 3. The predicted octanol–water partition coefficient (Wildman–Crippen LogP) is 20.0. The Bertz CT molecular complexity index is 4300. The number of nitrogens with zero attached hydrogens (tertiary/aromatic N) is 5. The third-order valence-electron chi connectivity index (χ3n) is 15.3. The first-order valence-electron chi connectivity index (χ1n) is 27.9. The quantitative estimate of drug-likeness (QED) is 0.122. The van der Waals surface area contributed by atoms with Gasteiger partial charge in [-0.2, -0.15) is 0 Å². The summed E-state index contributed by atoms with van der Waals surface area (Å²) in [5.41, 5.74) is 25.6. The van der Waals surface area contributed by atoms with E-state index in [9.17, 15) is 0 Å². The number of hydrogen-bond donors (Lipinski definition) is 0. The molecule has 0 saturated heterocycles. The number of aromatic nitrogens is 5. The first-order valence-corrected chi connectivity index (χ1v) is 27.9. The zero-order valence-electron chi connectivity index (χ0n) is 45.9. The number of hydrogen-bond acceptors (Lipinski definition) is 5. The molecule has 0 amide bonds. The average Bonchev–Trinajstić information content (AvgIpc) is 3.70. The highest BCUT2D eigenvalue weighted by molar-refractivity contribution is 5.94. The summed E-state index contributed by atoms with van der Waals surface area (Å²) in [6.45, 7) is 6.73. The lowest BCUT2D eigenvalue weighted by Crippen LogP contribution is -2.11. The van der Waals surface area contributed by atoms with Crippen molar-refractivity contribution < 1.29 is 0 Å². The fourth-order valence-electron chi connectivity index (χ4n) is 10.9. The minimum absolute atomic E-state index is 0.0239. The highest BCUT2D eigenvalue weighted by Gasteiger charge is 2.19. The van der Waals surface area contributed by atoms with Crippen LogP contribution in [0, 0.1) is 0 Å². The van der Waals surface area contributed by atoms with Gasteiger partial charge >= 0.3 is 0 Å². The van der Waals surface area contributed by atoms with E-state index in [1.807, 2.05) is 67.1 Å². The summed E-state index contributed by atoms with van der Waals surface area (Å²) in [4.78, 5) is 24.5. The molecule has 0 atom stereocenters. The zero-order valence-corrected chi connectivity index (χ0v) is 45.9. The lowest BCUT2D eigenvalue weighted by atomic mass is 9.86. The van der Waals surface area contributed by atoms with Crippen molar-refractivity contribution in [2.75, 3.05) is 0 Å². The summed E-state index contributed by atoms with van der Waals surface area (Å²) < 4.78 is 0. The van der Waals surface area contributed by atoms with Gasteiger partial charge in [0.1, 0.15) is 0 Å². The predicted molar refractivity (Wildman–Crippen MR) is 339 cm³/mol. The maximum atomic E-state index is 5.04. The lowest BCUT2D eigenvalue weighted by molar-refractivity contribution is 0.589. The van der Waals surface area contributed by atoms with Crippen molar-refractivity contribution in [2.24, 2.45) is 0 Å². The summed E-state index contributed by atoms with van der Waals surface area (Å²) in [6.07, 6.45) is 5.65. The van der Waals surface area contributed by atoms with Crippen LogP contribution in [0.2, 0.25) is 0 Å². The lowest BCUT2D eigenvalue weighted by Gasteiger charge is -2.19.